The molecule has 0 aliphatic heterocycles. The Labute approximate surface area is 166 Å². The van der Waals surface area contributed by atoms with Crippen molar-refractivity contribution in [3.05, 3.63) is 92.9 Å². The van der Waals surface area contributed by atoms with Gasteiger partial charge in [0.05, 0.1) is 23.1 Å². The Bertz CT molecular complexity index is 1320. The quantitative estimate of drug-likeness (QED) is 0.539. The summed E-state index contributed by atoms with van der Waals surface area (Å²) in [5.41, 5.74) is 1.67. The second-order valence-electron chi connectivity index (χ2n) is 6.79. The summed E-state index contributed by atoms with van der Waals surface area (Å²) >= 11 is 0. The summed E-state index contributed by atoms with van der Waals surface area (Å²) in [5.74, 6) is -0.259. The summed E-state index contributed by atoms with van der Waals surface area (Å²) < 4.78 is 4.20. The highest BCUT2D eigenvalue weighted by molar-refractivity contribution is 5.92. The molecule has 1 aromatic carbocycles. The molecule has 0 unspecified atom stereocenters. The zero-order chi connectivity index (χ0) is 20.5. The van der Waals surface area contributed by atoms with E-state index in [1.165, 1.54) is 20.0 Å². The van der Waals surface area contributed by atoms with Gasteiger partial charge >= 0.3 is 0 Å². The predicted octanol–water partition coefficient (Wildman–Crippen LogP) is 2.76. The fourth-order valence-electron chi connectivity index (χ4n) is 3.56. The lowest BCUT2D eigenvalue weighted by molar-refractivity contribution is 0.0889. The Kier molecular flexibility index (Phi) is 4.72. The molecule has 0 radical (unpaired) electrons. The number of carbonyl (C=O) groups is 1. The zero-order valence-electron chi connectivity index (χ0n) is 16.2. The number of aryl methyl sites for hydroxylation is 1. The number of hydrogen-bond acceptors (Lipinski definition) is 4. The SMILES string of the molecule is CCC(=O)n1c2cc(=O)n(Cc3cccnc3)c(C)c2c(=O)n1-c1ccccc1. The highest BCUT2D eigenvalue weighted by Gasteiger charge is 2.22. The first kappa shape index (κ1) is 18.6. The van der Waals surface area contributed by atoms with E-state index in [1.807, 2.05) is 12.1 Å². The van der Waals surface area contributed by atoms with Crippen molar-refractivity contribution in [2.45, 2.75) is 26.8 Å². The number of para-hydroxylation sites is 1. The normalized spacial score (nSPS) is 11.1. The minimum Gasteiger partial charge on any atom is -0.308 e. The van der Waals surface area contributed by atoms with Crippen LogP contribution in [0.25, 0.3) is 16.6 Å². The molecule has 0 saturated heterocycles. The molecule has 4 aromatic rings. The van der Waals surface area contributed by atoms with Crippen LogP contribution in [0, 0.1) is 6.92 Å². The smallest absolute Gasteiger partial charge is 0.281 e. The topological polar surface area (TPSA) is 78.9 Å². The van der Waals surface area contributed by atoms with E-state index in [4.69, 9.17) is 0 Å². The van der Waals surface area contributed by atoms with Crippen molar-refractivity contribution in [1.82, 2.24) is 18.9 Å². The number of pyridine rings is 2. The van der Waals surface area contributed by atoms with Crippen molar-refractivity contribution in [3.8, 4) is 5.69 Å². The largest absolute Gasteiger partial charge is 0.308 e. The third-order valence-corrected chi connectivity index (χ3v) is 4.99. The third-order valence-electron chi connectivity index (χ3n) is 4.99. The molecule has 0 N–H and O–H groups in total. The summed E-state index contributed by atoms with van der Waals surface area (Å²) in [4.78, 5) is 43.1. The summed E-state index contributed by atoms with van der Waals surface area (Å²) in [6.07, 6.45) is 3.55. The van der Waals surface area contributed by atoms with Crippen LogP contribution in [0.3, 0.4) is 0 Å². The standard InChI is InChI=1S/C22H20N4O3/c1-3-19(27)26-18-12-20(28)24(14-16-8-7-11-23-13-16)15(2)21(18)22(29)25(26)17-9-5-4-6-10-17/h4-13H,3,14H2,1-2H3. The van der Waals surface area contributed by atoms with Crippen LogP contribution >= 0.6 is 0 Å². The molecule has 0 aliphatic rings. The second kappa shape index (κ2) is 7.35. The lowest BCUT2D eigenvalue weighted by atomic mass is 10.2. The molecule has 7 nitrogen and oxygen atoms in total. The van der Waals surface area contributed by atoms with Gasteiger partial charge in [-0.05, 0) is 30.7 Å². The molecule has 0 bridgehead atoms. The van der Waals surface area contributed by atoms with Gasteiger partial charge in [-0.25, -0.2) is 9.36 Å². The number of carbonyl (C=O) groups excluding carboxylic acids is 1. The van der Waals surface area contributed by atoms with Crippen molar-refractivity contribution in [1.29, 1.82) is 0 Å². The Hall–Kier alpha value is -3.74. The van der Waals surface area contributed by atoms with E-state index in [2.05, 4.69) is 4.98 Å². The van der Waals surface area contributed by atoms with E-state index in [9.17, 15) is 14.4 Å². The molecule has 4 rings (SSSR count). The second-order valence-corrected chi connectivity index (χ2v) is 6.79. The van der Waals surface area contributed by atoms with Gasteiger partial charge in [0, 0.05) is 30.6 Å². The maximum Gasteiger partial charge on any atom is 0.281 e. The van der Waals surface area contributed by atoms with E-state index in [0.29, 0.717) is 28.8 Å². The number of aromatic nitrogens is 4. The number of hydrogen-bond donors (Lipinski definition) is 0. The Morgan fingerprint density at radius 1 is 1.07 bits per heavy atom. The Morgan fingerprint density at radius 3 is 2.48 bits per heavy atom. The molecule has 146 valence electrons. The minimum atomic E-state index is -0.328. The van der Waals surface area contributed by atoms with Crippen LogP contribution in [0.2, 0.25) is 0 Å². The van der Waals surface area contributed by atoms with Gasteiger partial charge in [-0.1, -0.05) is 31.2 Å². The van der Waals surface area contributed by atoms with Crippen LogP contribution in [0.5, 0.6) is 0 Å². The fraction of sp³-hybridized carbons (Fsp3) is 0.182. The van der Waals surface area contributed by atoms with Crippen LogP contribution in [-0.2, 0) is 6.54 Å². The Balaban J connectivity index is 2.05. The zero-order valence-corrected chi connectivity index (χ0v) is 16.2. The van der Waals surface area contributed by atoms with Gasteiger partial charge < -0.3 is 4.57 Å². The van der Waals surface area contributed by atoms with Crippen molar-refractivity contribution in [2.75, 3.05) is 0 Å². The van der Waals surface area contributed by atoms with E-state index in [0.717, 1.165) is 5.56 Å². The average molecular weight is 388 g/mol. The molecule has 29 heavy (non-hydrogen) atoms. The lowest BCUT2D eigenvalue weighted by Crippen LogP contribution is -2.25. The molecule has 7 heteroatoms. The fourth-order valence-corrected chi connectivity index (χ4v) is 3.56. The lowest BCUT2D eigenvalue weighted by Gasteiger charge is -2.12. The number of rotatable bonds is 4. The number of fused-ring (bicyclic) bond motifs is 1. The molecular weight excluding hydrogens is 368 g/mol. The van der Waals surface area contributed by atoms with Crippen molar-refractivity contribution >= 4 is 16.8 Å². The van der Waals surface area contributed by atoms with Gasteiger partial charge in [0.25, 0.3) is 11.1 Å². The van der Waals surface area contributed by atoms with E-state index in [-0.39, 0.29) is 23.4 Å². The van der Waals surface area contributed by atoms with E-state index in [1.54, 1.807) is 56.6 Å². The van der Waals surface area contributed by atoms with Crippen molar-refractivity contribution < 1.29 is 4.79 Å². The van der Waals surface area contributed by atoms with Gasteiger partial charge in [0.1, 0.15) is 0 Å². The first-order valence-corrected chi connectivity index (χ1v) is 9.38. The van der Waals surface area contributed by atoms with Crippen LogP contribution in [-0.4, -0.2) is 24.8 Å². The molecule has 0 saturated carbocycles. The highest BCUT2D eigenvalue weighted by atomic mass is 16.2. The van der Waals surface area contributed by atoms with Gasteiger partial charge in [-0.3, -0.25) is 19.4 Å². The molecule has 0 amide bonds. The van der Waals surface area contributed by atoms with Crippen LogP contribution < -0.4 is 11.1 Å². The highest BCUT2D eigenvalue weighted by Crippen LogP contribution is 2.18. The molecule has 0 aliphatic carbocycles. The van der Waals surface area contributed by atoms with Crippen molar-refractivity contribution in [2.24, 2.45) is 0 Å². The number of nitrogens with zero attached hydrogens (tertiary/aromatic N) is 4. The minimum absolute atomic E-state index is 0.202. The summed E-state index contributed by atoms with van der Waals surface area (Å²) in [7, 11) is 0. The maximum atomic E-state index is 13.4. The maximum absolute atomic E-state index is 13.4. The first-order chi connectivity index (χ1) is 14.0. The molecule has 0 spiro atoms. The first-order valence-electron chi connectivity index (χ1n) is 9.38. The predicted molar refractivity (Wildman–Crippen MR) is 111 cm³/mol. The van der Waals surface area contributed by atoms with Crippen molar-refractivity contribution in [3.63, 3.8) is 0 Å². The van der Waals surface area contributed by atoms with Gasteiger partial charge in [-0.2, -0.15) is 0 Å². The van der Waals surface area contributed by atoms with E-state index < -0.39 is 0 Å². The summed E-state index contributed by atoms with van der Waals surface area (Å²) in [6, 6.07) is 14.0. The Morgan fingerprint density at radius 2 is 1.83 bits per heavy atom. The van der Waals surface area contributed by atoms with E-state index >= 15 is 0 Å². The number of benzene rings is 1. The molecule has 3 aromatic heterocycles. The average Bonchev–Trinajstić information content (AvgIpc) is 3.04. The van der Waals surface area contributed by atoms with Crippen LogP contribution in [0.1, 0.15) is 29.4 Å². The molecule has 3 heterocycles. The molecular formula is C22H20N4O3. The third kappa shape index (κ3) is 3.10. The summed E-state index contributed by atoms with van der Waals surface area (Å²) in [5, 5.41) is 0.360. The van der Waals surface area contributed by atoms with Gasteiger partial charge in [0.2, 0.25) is 5.91 Å². The molecule has 0 atom stereocenters. The summed E-state index contributed by atoms with van der Waals surface area (Å²) in [6.45, 7) is 3.76. The van der Waals surface area contributed by atoms with Gasteiger partial charge in [0.15, 0.2) is 0 Å². The molecule has 0 fully saturated rings. The van der Waals surface area contributed by atoms with Crippen LogP contribution in [0.4, 0.5) is 0 Å². The monoisotopic (exact) mass is 388 g/mol. The van der Waals surface area contributed by atoms with Crippen LogP contribution in [0.15, 0.2) is 70.5 Å². The van der Waals surface area contributed by atoms with Gasteiger partial charge in [-0.15, -0.1) is 0 Å².